The minimum absolute atomic E-state index is 0.0423. The number of amidine groups is 1. The average Bonchev–Trinajstić information content (AvgIpc) is 3.06. The highest BCUT2D eigenvalue weighted by Gasteiger charge is 2.47. The number of benzene rings is 2. The number of para-hydroxylation sites is 1. The summed E-state index contributed by atoms with van der Waals surface area (Å²) >= 11 is 4.51. The molecule has 2 aliphatic heterocycles. The average molecular weight is 473 g/mol. The summed E-state index contributed by atoms with van der Waals surface area (Å²) < 4.78 is 53.2. The minimum Gasteiger partial charge on any atom is -0.312 e. The molecule has 142 valence electrons. The van der Waals surface area contributed by atoms with E-state index >= 15 is 0 Å². The van der Waals surface area contributed by atoms with Crippen LogP contribution in [0.15, 0.2) is 51.9 Å². The predicted molar refractivity (Wildman–Crippen MR) is 108 cm³/mol. The molecule has 0 amide bonds. The van der Waals surface area contributed by atoms with Crippen LogP contribution in [0.2, 0.25) is 0 Å². The topological polar surface area (TPSA) is 49.7 Å². The van der Waals surface area contributed by atoms with Crippen molar-refractivity contribution in [3.8, 4) is 0 Å². The molecule has 4 rings (SSSR count). The first-order chi connectivity index (χ1) is 12.8. The summed E-state index contributed by atoms with van der Waals surface area (Å²) in [6, 6.07) is 10.2. The van der Waals surface area contributed by atoms with E-state index in [0.29, 0.717) is 26.6 Å². The molecule has 9 heteroatoms. The van der Waals surface area contributed by atoms with Gasteiger partial charge in [-0.2, -0.15) is 0 Å². The zero-order chi connectivity index (χ0) is 19.2. The second kappa shape index (κ2) is 7.18. The Morgan fingerprint density at radius 2 is 1.93 bits per heavy atom. The van der Waals surface area contributed by atoms with Crippen LogP contribution in [0.25, 0.3) is 0 Å². The number of anilines is 1. The van der Waals surface area contributed by atoms with Crippen LogP contribution in [0, 0.1) is 11.6 Å². The van der Waals surface area contributed by atoms with Gasteiger partial charge in [-0.25, -0.2) is 17.2 Å². The van der Waals surface area contributed by atoms with Gasteiger partial charge in [0.25, 0.3) is 0 Å². The number of halogens is 3. The maximum Gasteiger partial charge on any atom is 0.164 e. The number of hydrogen-bond acceptors (Lipinski definition) is 5. The Morgan fingerprint density at radius 1 is 1.15 bits per heavy atom. The minimum atomic E-state index is -3.21. The fourth-order valence-corrected chi connectivity index (χ4v) is 6.62. The number of nitrogens with zero attached hydrogens (tertiary/aromatic N) is 2. The van der Waals surface area contributed by atoms with Crippen LogP contribution in [-0.4, -0.2) is 37.2 Å². The Morgan fingerprint density at radius 3 is 2.67 bits per heavy atom. The Hall–Kier alpha value is -1.45. The number of rotatable bonds is 3. The Bertz CT molecular complexity index is 1030. The molecule has 0 spiro atoms. The van der Waals surface area contributed by atoms with Crippen LogP contribution in [0.5, 0.6) is 0 Å². The van der Waals surface area contributed by atoms with Crippen molar-refractivity contribution < 1.29 is 17.2 Å². The van der Waals surface area contributed by atoms with E-state index in [1.165, 1.54) is 23.9 Å². The second-order valence-corrected chi connectivity index (χ2v) is 10.5. The quantitative estimate of drug-likeness (QED) is 0.677. The van der Waals surface area contributed by atoms with Crippen LogP contribution in [0.3, 0.4) is 0 Å². The lowest BCUT2D eigenvalue weighted by molar-refractivity contribution is 0.600. The summed E-state index contributed by atoms with van der Waals surface area (Å²) in [5.41, 5.74) is 0.800. The SMILES string of the molecule is O=S1(=O)CC2N=C(SCc3ccc(Br)cc3F)N(c3ccccc3F)C2C1. The Labute approximate surface area is 168 Å². The molecule has 2 heterocycles. The lowest BCUT2D eigenvalue weighted by atomic mass is 10.1. The standard InChI is InChI=1S/C18H15BrF2N2O2S2/c19-12-6-5-11(14(21)7-12)8-26-18-22-15-9-27(24,25)10-17(15)23(18)16-4-2-1-3-13(16)20/h1-7,15,17H,8-10H2. The van der Waals surface area contributed by atoms with Gasteiger partial charge in [0.05, 0.1) is 29.3 Å². The van der Waals surface area contributed by atoms with Crippen molar-refractivity contribution in [1.82, 2.24) is 0 Å². The van der Waals surface area contributed by atoms with Gasteiger partial charge < -0.3 is 4.90 Å². The molecular formula is C18H15BrF2N2O2S2. The first-order valence-electron chi connectivity index (χ1n) is 8.23. The van der Waals surface area contributed by atoms with E-state index in [9.17, 15) is 17.2 Å². The van der Waals surface area contributed by atoms with Crippen molar-refractivity contribution >= 4 is 48.4 Å². The zero-order valence-electron chi connectivity index (χ0n) is 14.0. The molecule has 0 aromatic heterocycles. The fourth-order valence-electron chi connectivity index (χ4n) is 3.34. The molecule has 2 aromatic carbocycles. The maximum absolute atomic E-state index is 14.4. The van der Waals surface area contributed by atoms with Gasteiger partial charge in [-0.1, -0.05) is 45.9 Å². The van der Waals surface area contributed by atoms with Crippen LogP contribution in [0.4, 0.5) is 14.5 Å². The predicted octanol–water partition coefficient (Wildman–Crippen LogP) is 4.00. The zero-order valence-corrected chi connectivity index (χ0v) is 17.2. The van der Waals surface area contributed by atoms with Crippen molar-refractivity contribution in [1.29, 1.82) is 0 Å². The van der Waals surface area contributed by atoms with Gasteiger partial charge >= 0.3 is 0 Å². The van der Waals surface area contributed by atoms with E-state index in [2.05, 4.69) is 20.9 Å². The number of fused-ring (bicyclic) bond motifs is 1. The smallest absolute Gasteiger partial charge is 0.164 e. The molecule has 0 aliphatic carbocycles. The molecule has 2 aromatic rings. The third-order valence-electron chi connectivity index (χ3n) is 4.59. The highest BCUT2D eigenvalue weighted by atomic mass is 79.9. The summed E-state index contributed by atoms with van der Waals surface area (Å²) in [6.07, 6.45) is 0. The van der Waals surface area contributed by atoms with Gasteiger partial charge in [0.2, 0.25) is 0 Å². The molecule has 2 unspecified atom stereocenters. The molecule has 0 N–H and O–H groups in total. The molecule has 4 nitrogen and oxygen atoms in total. The monoisotopic (exact) mass is 472 g/mol. The number of hydrogen-bond donors (Lipinski definition) is 0. The van der Waals surface area contributed by atoms with Crippen molar-refractivity contribution in [2.24, 2.45) is 4.99 Å². The first-order valence-corrected chi connectivity index (χ1v) is 11.8. The van der Waals surface area contributed by atoms with Crippen LogP contribution >= 0.6 is 27.7 Å². The largest absolute Gasteiger partial charge is 0.312 e. The molecule has 0 saturated carbocycles. The van der Waals surface area contributed by atoms with Gasteiger partial charge in [-0.05, 0) is 29.8 Å². The molecule has 2 atom stereocenters. The number of sulfone groups is 1. The number of thioether (sulfide) groups is 1. The lowest BCUT2D eigenvalue weighted by Crippen LogP contribution is -2.39. The van der Waals surface area contributed by atoms with Crippen LogP contribution in [-0.2, 0) is 15.6 Å². The van der Waals surface area contributed by atoms with Crippen molar-refractivity contribution in [3.63, 3.8) is 0 Å². The summed E-state index contributed by atoms with van der Waals surface area (Å²) in [4.78, 5) is 6.19. The summed E-state index contributed by atoms with van der Waals surface area (Å²) in [6.45, 7) is 0. The van der Waals surface area contributed by atoms with Gasteiger partial charge in [0.15, 0.2) is 15.0 Å². The lowest BCUT2D eigenvalue weighted by Gasteiger charge is -2.26. The van der Waals surface area contributed by atoms with Crippen LogP contribution in [0.1, 0.15) is 5.56 Å². The molecule has 0 radical (unpaired) electrons. The summed E-state index contributed by atoms with van der Waals surface area (Å²) in [7, 11) is -3.21. The molecule has 1 saturated heterocycles. The van der Waals surface area contributed by atoms with E-state index in [1.54, 1.807) is 35.2 Å². The molecule has 27 heavy (non-hydrogen) atoms. The second-order valence-electron chi connectivity index (χ2n) is 6.47. The fraction of sp³-hybridized carbons (Fsp3) is 0.278. The van der Waals surface area contributed by atoms with Crippen molar-refractivity contribution in [2.45, 2.75) is 17.8 Å². The van der Waals surface area contributed by atoms with E-state index in [-0.39, 0.29) is 17.3 Å². The number of aliphatic imine (C=N–C) groups is 1. The Balaban J connectivity index is 1.64. The van der Waals surface area contributed by atoms with E-state index in [0.717, 1.165) is 0 Å². The van der Waals surface area contributed by atoms with Gasteiger partial charge in [-0.15, -0.1) is 0 Å². The van der Waals surface area contributed by atoms with Gasteiger partial charge in [0, 0.05) is 10.2 Å². The highest BCUT2D eigenvalue weighted by Crippen LogP contribution is 2.37. The van der Waals surface area contributed by atoms with Crippen LogP contribution < -0.4 is 4.90 Å². The molecule has 2 aliphatic rings. The van der Waals surface area contributed by atoms with E-state index in [1.807, 2.05) is 0 Å². The third-order valence-corrected chi connectivity index (χ3v) is 7.80. The van der Waals surface area contributed by atoms with Crippen molar-refractivity contribution in [3.05, 3.63) is 64.1 Å². The van der Waals surface area contributed by atoms with Gasteiger partial charge in [0.1, 0.15) is 11.6 Å². The highest BCUT2D eigenvalue weighted by molar-refractivity contribution is 9.10. The van der Waals surface area contributed by atoms with Crippen molar-refractivity contribution in [2.75, 3.05) is 16.4 Å². The molecular weight excluding hydrogens is 458 g/mol. The van der Waals surface area contributed by atoms with Gasteiger partial charge in [-0.3, -0.25) is 4.99 Å². The third kappa shape index (κ3) is 3.77. The maximum atomic E-state index is 14.4. The molecule has 1 fully saturated rings. The summed E-state index contributed by atoms with van der Waals surface area (Å²) in [5.74, 6) is -0.568. The first kappa shape index (κ1) is 18.9. The normalized spacial score (nSPS) is 23.4. The summed E-state index contributed by atoms with van der Waals surface area (Å²) in [5, 5.41) is 0.521. The Kier molecular flexibility index (Phi) is 5.02. The molecule has 0 bridgehead atoms. The van der Waals surface area contributed by atoms with E-state index in [4.69, 9.17) is 0 Å². The van der Waals surface area contributed by atoms with E-state index < -0.39 is 27.7 Å².